The molecule has 152 valence electrons. The zero-order valence-corrected chi connectivity index (χ0v) is 19.4. The molecule has 1 aliphatic heterocycles. The Labute approximate surface area is 164 Å². The number of halogens is 1. The molecule has 0 bridgehead atoms. The maximum atomic E-state index is 13.2. The highest BCUT2D eigenvalue weighted by Gasteiger charge is 2.10. The summed E-state index contributed by atoms with van der Waals surface area (Å²) in [6.45, 7) is 16.4. The predicted octanol–water partition coefficient (Wildman–Crippen LogP) is 6.93. The van der Waals surface area contributed by atoms with Crippen molar-refractivity contribution in [2.45, 2.75) is 93.5 Å². The normalized spacial score (nSPS) is 13.9. The summed E-state index contributed by atoms with van der Waals surface area (Å²) in [5, 5.41) is 11.8. The van der Waals surface area contributed by atoms with E-state index in [-0.39, 0.29) is 5.57 Å². The zero-order chi connectivity index (χ0) is 21.0. The summed E-state index contributed by atoms with van der Waals surface area (Å²) in [4.78, 5) is 3.95. The van der Waals surface area contributed by atoms with Crippen molar-refractivity contribution < 1.29 is 4.39 Å². The van der Waals surface area contributed by atoms with Gasteiger partial charge in [-0.25, -0.2) is 4.39 Å². The lowest BCUT2D eigenvalue weighted by molar-refractivity contribution is 0.509. The van der Waals surface area contributed by atoms with Crippen LogP contribution in [0.3, 0.4) is 0 Å². The molecule has 2 atom stereocenters. The second kappa shape index (κ2) is 22.0. The van der Waals surface area contributed by atoms with E-state index in [0.717, 1.165) is 11.6 Å². The van der Waals surface area contributed by atoms with Crippen molar-refractivity contribution in [2.75, 3.05) is 6.54 Å². The van der Waals surface area contributed by atoms with Crippen LogP contribution in [0.1, 0.15) is 87.5 Å². The van der Waals surface area contributed by atoms with E-state index in [1.165, 1.54) is 38.2 Å². The third-order valence-corrected chi connectivity index (χ3v) is 3.88. The van der Waals surface area contributed by atoms with E-state index in [1.807, 2.05) is 34.6 Å². The van der Waals surface area contributed by atoms with Crippen LogP contribution in [0.2, 0.25) is 0 Å². The molecule has 0 spiro atoms. The number of nitrogens with one attached hydrogen (secondary N) is 1. The quantitative estimate of drug-likeness (QED) is 0.504. The number of hydrogen-bond donors (Lipinski definition) is 1. The first kappa shape index (κ1) is 29.7. The lowest BCUT2D eigenvalue weighted by Gasteiger charge is -2.13. The molecular weight excluding hydrogens is 344 g/mol. The van der Waals surface area contributed by atoms with E-state index in [0.29, 0.717) is 12.3 Å². The largest absolute Gasteiger partial charge is 0.298 e. The van der Waals surface area contributed by atoms with E-state index in [9.17, 15) is 4.39 Å². The third-order valence-electron chi connectivity index (χ3n) is 3.41. The zero-order valence-electron chi connectivity index (χ0n) is 18.2. The molecule has 0 amide bonds. The Kier molecular flexibility index (Phi) is 25.1. The van der Waals surface area contributed by atoms with Crippen molar-refractivity contribution in [3.8, 4) is 6.07 Å². The molecule has 1 rings (SSSR count). The van der Waals surface area contributed by atoms with Crippen LogP contribution in [0.15, 0.2) is 28.0 Å². The van der Waals surface area contributed by atoms with Crippen molar-refractivity contribution in [2.24, 2.45) is 4.99 Å². The highest BCUT2D eigenvalue weighted by molar-refractivity contribution is 7.13. The fourth-order valence-corrected chi connectivity index (χ4v) is 2.39. The monoisotopic (exact) mass is 385 g/mol. The van der Waals surface area contributed by atoms with E-state index >= 15 is 0 Å². The number of nitriles is 1. The van der Waals surface area contributed by atoms with Crippen LogP contribution in [-0.4, -0.2) is 18.3 Å². The Balaban J connectivity index is -0.000000346. The average Bonchev–Trinajstić information content (AvgIpc) is 2.81. The number of rotatable bonds is 6. The predicted molar refractivity (Wildman–Crippen MR) is 119 cm³/mol. The van der Waals surface area contributed by atoms with Gasteiger partial charge in [0.1, 0.15) is 6.07 Å². The highest BCUT2D eigenvalue weighted by atomic mass is 31.0. The van der Waals surface area contributed by atoms with Crippen LogP contribution < -0.4 is 5.09 Å². The molecule has 0 aromatic carbocycles. The van der Waals surface area contributed by atoms with E-state index in [2.05, 4.69) is 33.3 Å². The molecule has 0 saturated carbocycles. The van der Waals surface area contributed by atoms with Gasteiger partial charge in [-0.15, -0.1) is 0 Å². The van der Waals surface area contributed by atoms with Gasteiger partial charge in [0.15, 0.2) is 5.83 Å². The Morgan fingerprint density at radius 3 is 2.19 bits per heavy atom. The van der Waals surface area contributed by atoms with Crippen molar-refractivity contribution >= 4 is 15.1 Å². The molecule has 0 aromatic rings. The summed E-state index contributed by atoms with van der Waals surface area (Å²) in [6.07, 6.45) is 8.13. The van der Waals surface area contributed by atoms with Gasteiger partial charge in [0.2, 0.25) is 0 Å². The smallest absolute Gasteiger partial charge is 0.161 e. The van der Waals surface area contributed by atoms with Crippen molar-refractivity contribution in [1.82, 2.24) is 5.09 Å². The van der Waals surface area contributed by atoms with Crippen molar-refractivity contribution in [3.05, 3.63) is 23.0 Å². The van der Waals surface area contributed by atoms with E-state index in [4.69, 9.17) is 5.26 Å². The van der Waals surface area contributed by atoms with Gasteiger partial charge in [0, 0.05) is 6.04 Å². The number of unbranched alkanes of at least 4 members (excludes halogenated alkanes) is 1. The van der Waals surface area contributed by atoms with E-state index in [1.54, 1.807) is 13.0 Å². The molecular formula is C21H41FN3P. The molecule has 1 aliphatic rings. The number of nitrogens with zero attached hydrogens (tertiary/aromatic N) is 2. The summed E-state index contributed by atoms with van der Waals surface area (Å²) in [6, 6.07) is 2.53. The maximum Gasteiger partial charge on any atom is 0.161 e. The Morgan fingerprint density at radius 1 is 1.19 bits per heavy atom. The lowest BCUT2D eigenvalue weighted by atomic mass is 10.1. The van der Waals surface area contributed by atoms with Crippen LogP contribution >= 0.6 is 9.39 Å². The topological polar surface area (TPSA) is 48.2 Å². The SMILES string of the molecule is CC.CC.CC1=CC(C#N)=C(F)C(C)=NC1.CCCCC(CCC)NP. The molecule has 0 radical (unpaired) electrons. The van der Waals surface area contributed by atoms with Gasteiger partial charge in [-0.1, -0.05) is 75.8 Å². The van der Waals surface area contributed by atoms with Crippen LogP contribution in [0.25, 0.3) is 0 Å². The fourth-order valence-electron chi connectivity index (χ4n) is 2.05. The number of aliphatic imine (C=N–C) groups is 1. The molecule has 5 heteroatoms. The van der Waals surface area contributed by atoms with Gasteiger partial charge in [0.25, 0.3) is 0 Å². The molecule has 26 heavy (non-hydrogen) atoms. The molecule has 1 heterocycles. The van der Waals surface area contributed by atoms with E-state index < -0.39 is 5.83 Å². The van der Waals surface area contributed by atoms with Crippen LogP contribution in [0.4, 0.5) is 4.39 Å². The van der Waals surface area contributed by atoms with Crippen LogP contribution in [0.5, 0.6) is 0 Å². The van der Waals surface area contributed by atoms with Gasteiger partial charge >= 0.3 is 0 Å². The molecule has 1 N–H and O–H groups in total. The summed E-state index contributed by atoms with van der Waals surface area (Å²) in [5.41, 5.74) is 1.28. The van der Waals surface area contributed by atoms with Gasteiger partial charge < -0.3 is 0 Å². The molecule has 3 nitrogen and oxygen atoms in total. The minimum Gasteiger partial charge on any atom is -0.298 e. The third kappa shape index (κ3) is 15.2. The second-order valence-electron chi connectivity index (χ2n) is 5.53. The summed E-state index contributed by atoms with van der Waals surface area (Å²) in [7, 11) is 2.61. The number of allylic oxidation sites excluding steroid dienone is 3. The van der Waals surface area contributed by atoms with Gasteiger partial charge in [-0.05, 0) is 32.8 Å². The second-order valence-corrected chi connectivity index (χ2v) is 5.86. The van der Waals surface area contributed by atoms with Gasteiger partial charge in [-0.2, -0.15) is 5.26 Å². The van der Waals surface area contributed by atoms with Crippen LogP contribution in [0, 0.1) is 11.3 Å². The summed E-state index contributed by atoms with van der Waals surface area (Å²) < 4.78 is 13.2. The first-order valence-corrected chi connectivity index (χ1v) is 10.5. The molecule has 0 aromatic heterocycles. The van der Waals surface area contributed by atoms with Crippen LogP contribution in [-0.2, 0) is 0 Å². The first-order chi connectivity index (χ1) is 12.5. The first-order valence-electron chi connectivity index (χ1n) is 9.94. The Morgan fingerprint density at radius 2 is 1.77 bits per heavy atom. The maximum absolute atomic E-state index is 13.2. The minimum absolute atomic E-state index is 0.0752. The average molecular weight is 386 g/mol. The van der Waals surface area contributed by atoms with Gasteiger partial charge in [-0.3, -0.25) is 10.1 Å². The van der Waals surface area contributed by atoms with Crippen molar-refractivity contribution in [3.63, 3.8) is 0 Å². The minimum atomic E-state index is -0.505. The standard InChI is InChI=1S/C9H9FN2.C8H20NP.2C2H6/c1-6-3-8(4-11)9(10)7(2)12-5-6;1-3-5-7-8(9-10)6-4-2;2*1-2/h3H,5H2,1-2H3;8-9H,3-7,10H2,1-2H3;2*1-2H3. The lowest BCUT2D eigenvalue weighted by Crippen LogP contribution is -2.19. The summed E-state index contributed by atoms with van der Waals surface area (Å²) in [5.74, 6) is -0.505. The number of hydrogen-bond acceptors (Lipinski definition) is 3. The highest BCUT2D eigenvalue weighted by Crippen LogP contribution is 2.15. The fraction of sp³-hybridized carbons (Fsp3) is 0.714. The molecule has 0 aliphatic carbocycles. The molecule has 0 saturated heterocycles. The Bertz CT molecular complexity index is 462. The Hall–Kier alpha value is -1.04. The van der Waals surface area contributed by atoms with Gasteiger partial charge in [0.05, 0.1) is 17.8 Å². The molecule has 0 fully saturated rings. The molecule has 2 unspecified atom stereocenters. The van der Waals surface area contributed by atoms with Crippen molar-refractivity contribution in [1.29, 1.82) is 5.26 Å². The summed E-state index contributed by atoms with van der Waals surface area (Å²) >= 11 is 0.